The van der Waals surface area contributed by atoms with Crippen LogP contribution in [-0.2, 0) is 20.7 Å². The zero-order chi connectivity index (χ0) is 23.8. The third-order valence-electron chi connectivity index (χ3n) is 6.66. The highest BCUT2D eigenvalue weighted by molar-refractivity contribution is 6.46. The Labute approximate surface area is 197 Å². The Morgan fingerprint density at radius 2 is 1.82 bits per heavy atom. The van der Waals surface area contributed by atoms with Crippen molar-refractivity contribution >= 4 is 17.4 Å². The number of morpholine rings is 1. The van der Waals surface area contributed by atoms with Gasteiger partial charge in [0.2, 0.25) is 0 Å². The van der Waals surface area contributed by atoms with Crippen LogP contribution in [0.25, 0.3) is 5.76 Å². The molecule has 178 valence electrons. The van der Waals surface area contributed by atoms with Crippen LogP contribution in [0.5, 0.6) is 5.75 Å². The first-order chi connectivity index (χ1) is 16.4. The van der Waals surface area contributed by atoms with Gasteiger partial charge in [-0.2, -0.15) is 0 Å². The van der Waals surface area contributed by atoms with E-state index in [2.05, 4.69) is 4.90 Å². The SMILES string of the molecule is CC1Cc2cc(/C(O)=C3\C(=O)C(=O)N(CCN4CCOCC4)C3c3ccc(F)cc3)ccc2O1. The minimum Gasteiger partial charge on any atom is -0.507 e. The maximum atomic E-state index is 13.7. The second kappa shape index (κ2) is 9.19. The molecule has 2 aromatic carbocycles. The van der Waals surface area contributed by atoms with E-state index >= 15 is 0 Å². The van der Waals surface area contributed by atoms with Crippen molar-refractivity contribution in [2.24, 2.45) is 0 Å². The summed E-state index contributed by atoms with van der Waals surface area (Å²) in [6.45, 7) is 5.60. The fraction of sp³-hybridized carbons (Fsp3) is 0.385. The van der Waals surface area contributed by atoms with Crippen molar-refractivity contribution in [3.8, 4) is 5.75 Å². The van der Waals surface area contributed by atoms with Crippen LogP contribution in [0.3, 0.4) is 0 Å². The van der Waals surface area contributed by atoms with E-state index in [-0.39, 0.29) is 17.4 Å². The number of hydrogen-bond donors (Lipinski definition) is 1. The van der Waals surface area contributed by atoms with Gasteiger partial charge in [-0.15, -0.1) is 0 Å². The van der Waals surface area contributed by atoms with Crippen molar-refractivity contribution in [3.63, 3.8) is 0 Å². The number of carbonyl (C=O) groups excluding carboxylic acids is 2. The third-order valence-corrected chi connectivity index (χ3v) is 6.66. The van der Waals surface area contributed by atoms with Crippen molar-refractivity contribution in [2.45, 2.75) is 25.5 Å². The largest absolute Gasteiger partial charge is 0.507 e. The number of nitrogens with zero attached hydrogens (tertiary/aromatic N) is 2. The van der Waals surface area contributed by atoms with Gasteiger partial charge in [-0.1, -0.05) is 12.1 Å². The molecule has 2 fully saturated rings. The molecule has 3 heterocycles. The van der Waals surface area contributed by atoms with Gasteiger partial charge in [-0.25, -0.2) is 4.39 Å². The average molecular weight is 467 g/mol. The number of benzene rings is 2. The minimum absolute atomic E-state index is 0.0190. The molecule has 7 nitrogen and oxygen atoms in total. The Kier molecular flexibility index (Phi) is 6.10. The molecule has 0 saturated carbocycles. The molecule has 2 atom stereocenters. The third kappa shape index (κ3) is 4.19. The van der Waals surface area contributed by atoms with Gasteiger partial charge in [0.1, 0.15) is 23.4 Å². The van der Waals surface area contributed by atoms with Crippen LogP contribution in [0, 0.1) is 5.82 Å². The summed E-state index contributed by atoms with van der Waals surface area (Å²) in [4.78, 5) is 29.9. The summed E-state index contributed by atoms with van der Waals surface area (Å²) in [5.74, 6) is -1.29. The lowest BCUT2D eigenvalue weighted by Crippen LogP contribution is -2.42. The number of halogens is 1. The predicted molar refractivity (Wildman–Crippen MR) is 123 cm³/mol. The lowest BCUT2D eigenvalue weighted by molar-refractivity contribution is -0.140. The number of Topliss-reactive ketones (excluding diaryl/α,β-unsaturated/α-hetero) is 1. The molecule has 2 aromatic rings. The number of rotatable bonds is 5. The van der Waals surface area contributed by atoms with E-state index in [1.165, 1.54) is 17.0 Å². The highest BCUT2D eigenvalue weighted by atomic mass is 19.1. The fourth-order valence-corrected chi connectivity index (χ4v) is 4.90. The number of hydrogen-bond acceptors (Lipinski definition) is 6. The molecule has 0 bridgehead atoms. The smallest absolute Gasteiger partial charge is 0.295 e. The summed E-state index contributed by atoms with van der Waals surface area (Å²) in [6, 6.07) is 10.2. The molecular weight excluding hydrogens is 439 g/mol. The standard InChI is InChI=1S/C26H27FN2O5/c1-16-14-19-15-18(4-7-21(19)34-16)24(30)22-23(17-2-5-20(27)6-3-17)29(26(32)25(22)31)9-8-28-10-12-33-13-11-28/h2-7,15-16,23,30H,8-14H2,1H3/b24-22+. The molecule has 1 N–H and O–H groups in total. The first-order valence-corrected chi connectivity index (χ1v) is 11.6. The summed E-state index contributed by atoms with van der Waals surface area (Å²) in [5.41, 5.74) is 1.99. The number of ether oxygens (including phenoxy) is 2. The zero-order valence-electron chi connectivity index (χ0n) is 19.0. The molecule has 34 heavy (non-hydrogen) atoms. The van der Waals surface area contributed by atoms with E-state index < -0.39 is 23.5 Å². The van der Waals surface area contributed by atoms with Crippen LogP contribution in [-0.4, -0.2) is 72.1 Å². The van der Waals surface area contributed by atoms with E-state index in [1.54, 1.807) is 30.3 Å². The summed E-state index contributed by atoms with van der Waals surface area (Å²) in [5, 5.41) is 11.3. The van der Waals surface area contributed by atoms with E-state index in [1.807, 2.05) is 6.92 Å². The molecule has 5 rings (SSSR count). The maximum Gasteiger partial charge on any atom is 0.295 e. The van der Waals surface area contributed by atoms with Gasteiger partial charge in [0.15, 0.2) is 0 Å². The molecule has 2 unspecified atom stereocenters. The normalized spacial score (nSPS) is 24.4. The van der Waals surface area contributed by atoms with Gasteiger partial charge in [-0.05, 0) is 48.4 Å². The molecule has 0 aromatic heterocycles. The molecular formula is C26H27FN2O5. The summed E-state index contributed by atoms with van der Waals surface area (Å²) in [6.07, 6.45) is 0.739. The van der Waals surface area contributed by atoms with E-state index in [4.69, 9.17) is 9.47 Å². The number of carbonyl (C=O) groups is 2. The Bertz CT molecular complexity index is 1140. The molecule has 1 amide bonds. The summed E-state index contributed by atoms with van der Waals surface area (Å²) >= 11 is 0. The first kappa shape index (κ1) is 22.6. The molecule has 2 saturated heterocycles. The average Bonchev–Trinajstić information content (AvgIpc) is 3.34. The van der Waals surface area contributed by atoms with Gasteiger partial charge in [-0.3, -0.25) is 14.5 Å². The number of aliphatic hydroxyl groups excluding tert-OH is 1. The Hall–Kier alpha value is -3.23. The van der Waals surface area contributed by atoms with E-state index in [0.29, 0.717) is 43.9 Å². The molecule has 0 aliphatic carbocycles. The van der Waals surface area contributed by atoms with Gasteiger partial charge < -0.3 is 19.5 Å². The number of ketones is 1. The number of likely N-dealkylation sites (tertiary alicyclic amines) is 1. The lowest BCUT2D eigenvalue weighted by Gasteiger charge is -2.31. The molecule has 0 radical (unpaired) electrons. The van der Waals surface area contributed by atoms with Crippen LogP contribution in [0.15, 0.2) is 48.0 Å². The van der Waals surface area contributed by atoms with E-state index in [9.17, 15) is 19.1 Å². The maximum absolute atomic E-state index is 13.7. The molecule has 8 heteroatoms. The summed E-state index contributed by atoms with van der Waals surface area (Å²) in [7, 11) is 0. The van der Waals surface area contributed by atoms with Gasteiger partial charge in [0.25, 0.3) is 11.7 Å². The lowest BCUT2D eigenvalue weighted by atomic mass is 9.94. The van der Waals surface area contributed by atoms with Crippen molar-refractivity contribution in [2.75, 3.05) is 39.4 Å². The molecule has 0 spiro atoms. The monoisotopic (exact) mass is 466 g/mol. The topological polar surface area (TPSA) is 79.3 Å². The van der Waals surface area contributed by atoms with Gasteiger partial charge in [0, 0.05) is 38.2 Å². The van der Waals surface area contributed by atoms with Crippen molar-refractivity contribution in [3.05, 3.63) is 70.5 Å². The van der Waals surface area contributed by atoms with Crippen molar-refractivity contribution in [1.29, 1.82) is 0 Å². The second-order valence-corrected chi connectivity index (χ2v) is 8.95. The number of fused-ring (bicyclic) bond motifs is 1. The van der Waals surface area contributed by atoms with Crippen LogP contribution in [0.2, 0.25) is 0 Å². The minimum atomic E-state index is -0.801. The van der Waals surface area contributed by atoms with Gasteiger partial charge in [0.05, 0.1) is 24.8 Å². The van der Waals surface area contributed by atoms with Crippen LogP contribution >= 0.6 is 0 Å². The predicted octanol–water partition coefficient (Wildman–Crippen LogP) is 2.90. The highest BCUT2D eigenvalue weighted by Crippen LogP contribution is 2.40. The highest BCUT2D eigenvalue weighted by Gasteiger charge is 2.46. The van der Waals surface area contributed by atoms with Crippen molar-refractivity contribution in [1.82, 2.24) is 9.80 Å². The van der Waals surface area contributed by atoms with Crippen molar-refractivity contribution < 1.29 is 28.6 Å². The zero-order valence-corrected chi connectivity index (χ0v) is 19.0. The fourth-order valence-electron chi connectivity index (χ4n) is 4.90. The van der Waals surface area contributed by atoms with Crippen LogP contribution < -0.4 is 4.74 Å². The van der Waals surface area contributed by atoms with E-state index in [0.717, 1.165) is 24.4 Å². The number of aliphatic hydroxyl groups is 1. The molecule has 3 aliphatic heterocycles. The molecule has 3 aliphatic rings. The summed E-state index contributed by atoms with van der Waals surface area (Å²) < 4.78 is 24.8. The quantitative estimate of drug-likeness (QED) is 0.415. The Balaban J connectivity index is 1.53. The Morgan fingerprint density at radius 1 is 1.09 bits per heavy atom. The van der Waals surface area contributed by atoms with Crippen LogP contribution in [0.4, 0.5) is 4.39 Å². The second-order valence-electron chi connectivity index (χ2n) is 8.95. The van der Waals surface area contributed by atoms with Gasteiger partial charge >= 0.3 is 0 Å². The first-order valence-electron chi connectivity index (χ1n) is 11.6. The van der Waals surface area contributed by atoms with Crippen LogP contribution in [0.1, 0.15) is 29.7 Å². The number of amides is 1. The Morgan fingerprint density at radius 3 is 2.56 bits per heavy atom.